The number of hydrogen-bond donors (Lipinski definition) is 0. The second kappa shape index (κ2) is 6.88. The lowest BCUT2D eigenvalue weighted by Crippen LogP contribution is -2.08. The van der Waals surface area contributed by atoms with Gasteiger partial charge in [0.25, 0.3) is 0 Å². The molecular weight excluding hydrogens is 368 g/mol. The number of fused-ring (bicyclic) bond motifs is 6. The number of hydrogen-bond acceptors (Lipinski definition) is 3. The minimum atomic E-state index is 0.459. The van der Waals surface area contributed by atoms with Crippen molar-refractivity contribution in [2.24, 2.45) is 0 Å². The van der Waals surface area contributed by atoms with Crippen LogP contribution in [0, 0.1) is 6.92 Å². The number of oxazole rings is 1. The van der Waals surface area contributed by atoms with E-state index in [9.17, 15) is 0 Å². The van der Waals surface area contributed by atoms with Crippen molar-refractivity contribution in [3.8, 4) is 11.5 Å². The molecule has 4 aromatic carbocycles. The monoisotopic (exact) mass is 394 g/mol. The van der Waals surface area contributed by atoms with Gasteiger partial charge in [-0.3, -0.25) is 0 Å². The highest BCUT2D eigenvalue weighted by Gasteiger charge is 2.18. The van der Waals surface area contributed by atoms with E-state index in [1.54, 1.807) is 0 Å². The quantitative estimate of drug-likeness (QED) is 0.301. The number of anilines is 1. The van der Waals surface area contributed by atoms with Gasteiger partial charge in [0.15, 0.2) is 5.58 Å². The summed E-state index contributed by atoms with van der Waals surface area (Å²) in [6.45, 7) is 6.60. The van der Waals surface area contributed by atoms with Crippen LogP contribution in [0.3, 0.4) is 0 Å². The number of aryl methyl sites for hydroxylation is 1. The van der Waals surface area contributed by atoms with Crippen molar-refractivity contribution in [2.75, 3.05) is 19.0 Å². The number of aromatic nitrogens is 1. The van der Waals surface area contributed by atoms with Gasteiger partial charge in [-0.2, -0.15) is 0 Å². The number of benzene rings is 4. The molecule has 0 fully saturated rings. The Morgan fingerprint density at radius 3 is 2.43 bits per heavy atom. The second-order valence-electron chi connectivity index (χ2n) is 8.60. The Labute approximate surface area is 176 Å². The molecule has 0 aliphatic heterocycles. The zero-order valence-corrected chi connectivity index (χ0v) is 18.2. The predicted octanol–water partition coefficient (Wildman–Crippen LogP) is 7.30. The third kappa shape index (κ3) is 2.85. The topological polar surface area (TPSA) is 29.3 Å². The first kappa shape index (κ1) is 18.7. The smallest absolute Gasteiger partial charge is 0.227 e. The molecule has 0 radical (unpaired) electrons. The van der Waals surface area contributed by atoms with Gasteiger partial charge in [0.2, 0.25) is 5.89 Å². The first-order valence-corrected chi connectivity index (χ1v) is 10.5. The van der Waals surface area contributed by atoms with Crippen LogP contribution in [0.1, 0.15) is 30.9 Å². The minimum absolute atomic E-state index is 0.459. The van der Waals surface area contributed by atoms with Gasteiger partial charge in [0, 0.05) is 36.1 Å². The zero-order chi connectivity index (χ0) is 21.0. The van der Waals surface area contributed by atoms with Crippen molar-refractivity contribution in [2.45, 2.75) is 26.7 Å². The van der Waals surface area contributed by atoms with Gasteiger partial charge in [-0.05, 0) is 59.0 Å². The van der Waals surface area contributed by atoms with Crippen molar-refractivity contribution < 1.29 is 4.42 Å². The Hall–Kier alpha value is -3.33. The Balaban J connectivity index is 1.89. The van der Waals surface area contributed by atoms with Gasteiger partial charge >= 0.3 is 0 Å². The molecule has 0 spiro atoms. The molecule has 0 saturated heterocycles. The van der Waals surface area contributed by atoms with Crippen molar-refractivity contribution in [1.29, 1.82) is 0 Å². The molecule has 0 amide bonds. The summed E-state index contributed by atoms with van der Waals surface area (Å²) in [5.41, 5.74) is 6.46. The highest BCUT2D eigenvalue weighted by atomic mass is 16.3. The lowest BCUT2D eigenvalue weighted by atomic mass is 9.94. The average molecular weight is 395 g/mol. The molecule has 5 rings (SSSR count). The van der Waals surface area contributed by atoms with Crippen molar-refractivity contribution in [1.82, 2.24) is 4.98 Å². The number of rotatable bonds is 3. The molecule has 0 atom stereocenters. The third-order valence-corrected chi connectivity index (χ3v) is 5.99. The van der Waals surface area contributed by atoms with Crippen molar-refractivity contribution >= 4 is 38.3 Å². The van der Waals surface area contributed by atoms with E-state index in [0.717, 1.165) is 33.1 Å². The molecule has 150 valence electrons. The van der Waals surface area contributed by atoms with Crippen LogP contribution >= 0.6 is 0 Å². The standard InChI is InChI=1S/C27H26N2O/c1-16(2)18-12-13-21-22-11-6-8-17(3)24(22)26-25(23(21)15-18)28-27(30-26)19-9-7-10-20(14-19)29(4)5/h6-16H,1-5H3. The maximum absolute atomic E-state index is 6.46. The Bertz CT molecular complexity index is 1410. The maximum atomic E-state index is 6.46. The van der Waals surface area contributed by atoms with Crippen molar-refractivity contribution in [3.05, 3.63) is 71.8 Å². The van der Waals surface area contributed by atoms with E-state index in [1.165, 1.54) is 21.9 Å². The third-order valence-electron chi connectivity index (χ3n) is 5.99. The molecule has 30 heavy (non-hydrogen) atoms. The summed E-state index contributed by atoms with van der Waals surface area (Å²) in [5.74, 6) is 1.13. The molecule has 0 unspecified atom stereocenters. The van der Waals surface area contributed by atoms with Crippen LogP contribution in [0.15, 0.2) is 65.1 Å². The van der Waals surface area contributed by atoms with Gasteiger partial charge < -0.3 is 9.32 Å². The molecule has 0 bridgehead atoms. The summed E-state index contributed by atoms with van der Waals surface area (Å²) in [4.78, 5) is 7.11. The second-order valence-corrected chi connectivity index (χ2v) is 8.60. The highest BCUT2D eigenvalue weighted by Crippen LogP contribution is 2.39. The maximum Gasteiger partial charge on any atom is 0.227 e. The molecule has 5 aromatic rings. The molecular formula is C27H26N2O. The van der Waals surface area contributed by atoms with Crippen LogP contribution in [-0.2, 0) is 0 Å². The molecule has 0 aliphatic carbocycles. The van der Waals surface area contributed by atoms with Crippen LogP contribution in [0.2, 0.25) is 0 Å². The molecule has 0 saturated carbocycles. The van der Waals surface area contributed by atoms with Gasteiger partial charge in [0.05, 0.1) is 0 Å². The van der Waals surface area contributed by atoms with E-state index in [1.807, 2.05) is 14.1 Å². The predicted molar refractivity (Wildman–Crippen MR) is 128 cm³/mol. The van der Waals surface area contributed by atoms with E-state index in [0.29, 0.717) is 11.8 Å². The van der Waals surface area contributed by atoms with Gasteiger partial charge in [-0.25, -0.2) is 4.98 Å². The summed E-state index contributed by atoms with van der Waals surface area (Å²) in [6.07, 6.45) is 0. The Morgan fingerprint density at radius 2 is 1.67 bits per heavy atom. The Morgan fingerprint density at radius 1 is 0.867 bits per heavy atom. The molecule has 0 aliphatic rings. The van der Waals surface area contributed by atoms with Gasteiger partial charge in [-0.15, -0.1) is 0 Å². The molecule has 0 N–H and O–H groups in total. The largest absolute Gasteiger partial charge is 0.435 e. The van der Waals surface area contributed by atoms with Crippen molar-refractivity contribution in [3.63, 3.8) is 0 Å². The summed E-state index contributed by atoms with van der Waals surface area (Å²) >= 11 is 0. The first-order chi connectivity index (χ1) is 14.4. The minimum Gasteiger partial charge on any atom is -0.435 e. The van der Waals surface area contributed by atoms with Gasteiger partial charge in [-0.1, -0.05) is 50.2 Å². The van der Waals surface area contributed by atoms with Crippen LogP contribution < -0.4 is 4.90 Å². The van der Waals surface area contributed by atoms with Gasteiger partial charge in [0.1, 0.15) is 5.52 Å². The van der Waals surface area contributed by atoms with E-state index in [2.05, 4.69) is 86.3 Å². The lowest BCUT2D eigenvalue weighted by Gasteiger charge is -2.12. The zero-order valence-electron chi connectivity index (χ0n) is 18.2. The SMILES string of the molecule is Cc1cccc2c3ccc(C(C)C)cc3c3nc(-c4cccc(N(C)C)c4)oc3c12. The molecule has 3 heteroatoms. The highest BCUT2D eigenvalue weighted by molar-refractivity contribution is 6.23. The Kier molecular flexibility index (Phi) is 4.28. The summed E-state index contributed by atoms with van der Waals surface area (Å²) < 4.78 is 6.46. The molecule has 1 heterocycles. The normalized spacial score (nSPS) is 11.8. The summed E-state index contributed by atoms with van der Waals surface area (Å²) in [5, 5.41) is 4.76. The fourth-order valence-corrected chi connectivity index (χ4v) is 4.26. The first-order valence-electron chi connectivity index (χ1n) is 10.5. The average Bonchev–Trinajstić information content (AvgIpc) is 3.19. The van der Waals surface area contributed by atoms with Crippen LogP contribution in [0.4, 0.5) is 5.69 Å². The fourth-order valence-electron chi connectivity index (χ4n) is 4.26. The summed E-state index contributed by atoms with van der Waals surface area (Å²) in [7, 11) is 4.09. The van der Waals surface area contributed by atoms with E-state index >= 15 is 0 Å². The van der Waals surface area contributed by atoms with E-state index in [4.69, 9.17) is 9.40 Å². The van der Waals surface area contributed by atoms with Crippen LogP contribution in [0.25, 0.3) is 44.1 Å². The number of nitrogens with zero attached hydrogens (tertiary/aromatic N) is 2. The fraction of sp³-hybridized carbons (Fsp3) is 0.222. The molecule has 1 aromatic heterocycles. The van der Waals surface area contributed by atoms with Crippen LogP contribution in [0.5, 0.6) is 0 Å². The van der Waals surface area contributed by atoms with E-state index < -0.39 is 0 Å². The van der Waals surface area contributed by atoms with Crippen LogP contribution in [-0.4, -0.2) is 19.1 Å². The summed E-state index contributed by atoms with van der Waals surface area (Å²) in [6, 6.07) is 21.6. The van der Waals surface area contributed by atoms with E-state index in [-0.39, 0.29) is 0 Å². The molecule has 3 nitrogen and oxygen atoms in total. The lowest BCUT2D eigenvalue weighted by molar-refractivity contribution is 0.623.